The van der Waals surface area contributed by atoms with Crippen molar-refractivity contribution in [2.75, 3.05) is 30.8 Å². The zero-order valence-corrected chi connectivity index (χ0v) is 10.9. The molecule has 1 rings (SSSR count). The van der Waals surface area contributed by atoms with Crippen LogP contribution in [0.5, 0.6) is 0 Å². The molecule has 4 nitrogen and oxygen atoms in total. The van der Waals surface area contributed by atoms with Crippen molar-refractivity contribution in [3.05, 3.63) is 23.2 Å². The number of benzene rings is 1. The van der Waals surface area contributed by atoms with E-state index in [1.54, 1.807) is 13.1 Å². The smallest absolute Gasteiger partial charge is 0.239 e. The lowest BCUT2D eigenvalue weighted by atomic mass is 10.2. The van der Waals surface area contributed by atoms with Crippen molar-refractivity contribution >= 4 is 28.9 Å². The Hall–Kier alpha value is -1.42. The largest absolute Gasteiger partial charge is 0.396 e. The first-order chi connectivity index (χ1) is 8.10. The molecule has 0 radical (unpaired) electrons. The van der Waals surface area contributed by atoms with Crippen LogP contribution < -0.4 is 16.0 Å². The number of hydrogen-bond acceptors (Lipinski definition) is 3. The van der Waals surface area contributed by atoms with Gasteiger partial charge in [0, 0.05) is 13.6 Å². The van der Waals surface area contributed by atoms with E-state index in [0.717, 1.165) is 18.7 Å². The first-order valence-electron chi connectivity index (χ1n) is 5.59. The van der Waals surface area contributed by atoms with Gasteiger partial charge in [-0.15, -0.1) is 0 Å². The maximum Gasteiger partial charge on any atom is 0.239 e. The van der Waals surface area contributed by atoms with Gasteiger partial charge in [-0.1, -0.05) is 24.6 Å². The Morgan fingerprint density at radius 3 is 2.82 bits per heavy atom. The van der Waals surface area contributed by atoms with Gasteiger partial charge in [-0.2, -0.15) is 0 Å². The van der Waals surface area contributed by atoms with Gasteiger partial charge < -0.3 is 16.0 Å². The van der Waals surface area contributed by atoms with Crippen LogP contribution in [-0.2, 0) is 4.79 Å². The van der Waals surface area contributed by atoms with E-state index in [1.165, 1.54) is 0 Å². The fourth-order valence-corrected chi connectivity index (χ4v) is 1.78. The molecule has 0 saturated carbocycles. The standard InChI is InChI=1S/C12H18ClN3O/c1-3-7-16(8-11(17)15-2)10-6-4-5-9(13)12(10)14/h4-6H,3,7-8,14H2,1-2H3,(H,15,17). The average Bonchev–Trinajstić information content (AvgIpc) is 2.32. The second-order valence-corrected chi connectivity index (χ2v) is 4.17. The lowest BCUT2D eigenvalue weighted by molar-refractivity contribution is -0.119. The maximum atomic E-state index is 11.4. The van der Waals surface area contributed by atoms with E-state index in [-0.39, 0.29) is 12.5 Å². The van der Waals surface area contributed by atoms with Gasteiger partial charge in [0.1, 0.15) is 0 Å². The summed E-state index contributed by atoms with van der Waals surface area (Å²) in [5, 5.41) is 3.12. The van der Waals surface area contributed by atoms with E-state index >= 15 is 0 Å². The molecule has 0 fully saturated rings. The van der Waals surface area contributed by atoms with Crippen LogP contribution in [-0.4, -0.2) is 26.0 Å². The number of para-hydroxylation sites is 1. The Bertz CT molecular complexity index is 395. The van der Waals surface area contributed by atoms with Gasteiger partial charge in [0.15, 0.2) is 0 Å². The lowest BCUT2D eigenvalue weighted by Crippen LogP contribution is -2.36. The van der Waals surface area contributed by atoms with Crippen molar-refractivity contribution in [1.82, 2.24) is 5.32 Å². The van der Waals surface area contributed by atoms with Crippen molar-refractivity contribution in [3.8, 4) is 0 Å². The summed E-state index contributed by atoms with van der Waals surface area (Å²) < 4.78 is 0. The number of carbonyl (C=O) groups is 1. The Kier molecular flexibility index (Phi) is 5.10. The highest BCUT2D eigenvalue weighted by Crippen LogP contribution is 2.29. The average molecular weight is 256 g/mol. The van der Waals surface area contributed by atoms with Gasteiger partial charge >= 0.3 is 0 Å². The van der Waals surface area contributed by atoms with Crippen molar-refractivity contribution in [2.24, 2.45) is 0 Å². The molecule has 0 spiro atoms. The third-order valence-corrected chi connectivity index (χ3v) is 2.81. The van der Waals surface area contributed by atoms with Crippen molar-refractivity contribution < 1.29 is 4.79 Å². The van der Waals surface area contributed by atoms with Crippen LogP contribution in [0.15, 0.2) is 18.2 Å². The van der Waals surface area contributed by atoms with Gasteiger partial charge in [-0.3, -0.25) is 4.79 Å². The molecule has 0 bridgehead atoms. The third-order valence-electron chi connectivity index (χ3n) is 2.48. The minimum atomic E-state index is -0.0437. The molecule has 0 aliphatic heterocycles. The van der Waals surface area contributed by atoms with Crippen LogP contribution >= 0.6 is 11.6 Å². The quantitative estimate of drug-likeness (QED) is 0.790. The zero-order chi connectivity index (χ0) is 12.8. The minimum Gasteiger partial charge on any atom is -0.396 e. The first kappa shape index (κ1) is 13.6. The first-order valence-corrected chi connectivity index (χ1v) is 5.97. The summed E-state index contributed by atoms with van der Waals surface area (Å²) >= 11 is 5.98. The molecule has 1 aromatic rings. The highest BCUT2D eigenvalue weighted by molar-refractivity contribution is 6.33. The van der Waals surface area contributed by atoms with Crippen LogP contribution in [0.2, 0.25) is 5.02 Å². The van der Waals surface area contributed by atoms with Crippen LogP contribution in [0, 0.1) is 0 Å². The van der Waals surface area contributed by atoms with Crippen molar-refractivity contribution in [1.29, 1.82) is 0 Å². The van der Waals surface area contributed by atoms with Gasteiger partial charge in [-0.25, -0.2) is 0 Å². The highest BCUT2D eigenvalue weighted by atomic mass is 35.5. The normalized spacial score (nSPS) is 10.1. The van der Waals surface area contributed by atoms with E-state index in [4.69, 9.17) is 17.3 Å². The molecule has 0 atom stereocenters. The summed E-state index contributed by atoms with van der Waals surface area (Å²) in [5.74, 6) is -0.0437. The summed E-state index contributed by atoms with van der Waals surface area (Å²) in [6.07, 6.45) is 0.933. The number of likely N-dealkylation sites (N-methyl/N-ethyl adjacent to an activating group) is 1. The van der Waals surface area contributed by atoms with Crippen LogP contribution in [0.3, 0.4) is 0 Å². The number of hydrogen-bond donors (Lipinski definition) is 2. The van der Waals surface area contributed by atoms with Crippen LogP contribution in [0.1, 0.15) is 13.3 Å². The highest BCUT2D eigenvalue weighted by Gasteiger charge is 2.13. The van der Waals surface area contributed by atoms with Crippen molar-refractivity contribution in [3.63, 3.8) is 0 Å². The number of nitrogens with two attached hydrogens (primary N) is 1. The Balaban J connectivity index is 2.96. The van der Waals surface area contributed by atoms with Gasteiger partial charge in [0.2, 0.25) is 5.91 Å². The molecule has 5 heteroatoms. The summed E-state index contributed by atoms with van der Waals surface area (Å²) in [7, 11) is 1.62. The number of nitrogens with zero attached hydrogens (tertiary/aromatic N) is 1. The topological polar surface area (TPSA) is 58.4 Å². The Labute approximate surface area is 107 Å². The molecule has 0 aromatic heterocycles. The number of halogens is 1. The van der Waals surface area contributed by atoms with Crippen LogP contribution in [0.25, 0.3) is 0 Å². The molecule has 1 amide bonds. The molecule has 3 N–H and O–H groups in total. The molecule has 0 unspecified atom stereocenters. The van der Waals surface area contributed by atoms with E-state index < -0.39 is 0 Å². The Morgan fingerprint density at radius 2 is 2.24 bits per heavy atom. The molecular formula is C12H18ClN3O. The van der Waals surface area contributed by atoms with E-state index in [0.29, 0.717) is 10.7 Å². The number of nitrogen functional groups attached to an aromatic ring is 1. The molecule has 0 aliphatic carbocycles. The molecule has 17 heavy (non-hydrogen) atoms. The lowest BCUT2D eigenvalue weighted by Gasteiger charge is -2.25. The summed E-state index contributed by atoms with van der Waals surface area (Å²) in [6, 6.07) is 5.45. The van der Waals surface area contributed by atoms with E-state index in [9.17, 15) is 4.79 Å². The molecule has 0 saturated heterocycles. The molecule has 0 aliphatic rings. The van der Waals surface area contributed by atoms with Gasteiger partial charge in [-0.05, 0) is 18.6 Å². The monoisotopic (exact) mass is 255 g/mol. The second-order valence-electron chi connectivity index (χ2n) is 3.77. The number of amides is 1. The minimum absolute atomic E-state index is 0.0437. The summed E-state index contributed by atoms with van der Waals surface area (Å²) in [6.45, 7) is 3.10. The molecule has 1 aromatic carbocycles. The third kappa shape index (κ3) is 3.53. The zero-order valence-electron chi connectivity index (χ0n) is 10.2. The number of anilines is 2. The predicted molar refractivity (Wildman–Crippen MR) is 72.4 cm³/mol. The summed E-state index contributed by atoms with van der Waals surface area (Å²) in [4.78, 5) is 13.4. The number of nitrogens with one attached hydrogen (secondary N) is 1. The molecular weight excluding hydrogens is 238 g/mol. The molecule has 94 valence electrons. The summed E-state index contributed by atoms with van der Waals surface area (Å²) in [5.41, 5.74) is 7.25. The molecule has 0 heterocycles. The van der Waals surface area contributed by atoms with E-state index in [2.05, 4.69) is 12.2 Å². The van der Waals surface area contributed by atoms with E-state index in [1.807, 2.05) is 17.0 Å². The van der Waals surface area contributed by atoms with Crippen LogP contribution in [0.4, 0.5) is 11.4 Å². The van der Waals surface area contributed by atoms with Gasteiger partial charge in [0.25, 0.3) is 0 Å². The maximum absolute atomic E-state index is 11.4. The Morgan fingerprint density at radius 1 is 1.53 bits per heavy atom. The van der Waals surface area contributed by atoms with Gasteiger partial charge in [0.05, 0.1) is 22.9 Å². The SMILES string of the molecule is CCCN(CC(=O)NC)c1cccc(Cl)c1N. The fraction of sp³-hybridized carbons (Fsp3) is 0.417. The predicted octanol–water partition coefficient (Wildman–Crippen LogP) is 1.88. The number of carbonyl (C=O) groups excluding carboxylic acids is 1. The second kappa shape index (κ2) is 6.35. The number of rotatable bonds is 5. The van der Waals surface area contributed by atoms with Crippen molar-refractivity contribution in [2.45, 2.75) is 13.3 Å². The fourth-order valence-electron chi connectivity index (χ4n) is 1.61.